The van der Waals surface area contributed by atoms with Crippen LogP contribution in [0.5, 0.6) is 0 Å². The highest BCUT2D eigenvalue weighted by Crippen LogP contribution is 2.12. The molecule has 0 saturated carbocycles. The molecule has 2 N–H and O–H groups in total. The second-order valence-electron chi connectivity index (χ2n) is 4.55. The average molecular weight is 219 g/mol. The number of benzene rings is 1. The van der Waals surface area contributed by atoms with Crippen LogP contribution in [0.15, 0.2) is 24.3 Å². The lowest BCUT2D eigenvalue weighted by molar-refractivity contribution is 0.148. The Morgan fingerprint density at radius 1 is 1.06 bits per heavy atom. The number of likely N-dealkylation sites (N-methyl/N-ethyl adjacent to an activating group) is 1. The van der Waals surface area contributed by atoms with Crippen LogP contribution in [-0.4, -0.2) is 43.0 Å². The van der Waals surface area contributed by atoms with Gasteiger partial charge in [-0.25, -0.2) is 0 Å². The highest BCUT2D eigenvalue weighted by atomic mass is 15.2. The van der Waals surface area contributed by atoms with Crippen molar-refractivity contribution in [2.75, 3.05) is 33.2 Å². The van der Waals surface area contributed by atoms with Gasteiger partial charge in [0.15, 0.2) is 0 Å². The van der Waals surface area contributed by atoms with E-state index in [1.807, 2.05) is 0 Å². The van der Waals surface area contributed by atoms with E-state index in [9.17, 15) is 0 Å². The quantitative estimate of drug-likeness (QED) is 0.819. The Kier molecular flexibility index (Phi) is 3.93. The van der Waals surface area contributed by atoms with Crippen LogP contribution in [0, 0.1) is 0 Å². The van der Waals surface area contributed by atoms with Gasteiger partial charge >= 0.3 is 0 Å². The summed E-state index contributed by atoms with van der Waals surface area (Å²) in [5, 5.41) is 0. The van der Waals surface area contributed by atoms with Gasteiger partial charge in [-0.1, -0.05) is 24.3 Å². The first kappa shape index (κ1) is 11.6. The Morgan fingerprint density at radius 3 is 2.31 bits per heavy atom. The molecule has 3 nitrogen and oxygen atoms in total. The molecule has 0 bridgehead atoms. The zero-order valence-corrected chi connectivity index (χ0v) is 10.0. The number of hydrogen-bond donors (Lipinski definition) is 1. The first-order valence-corrected chi connectivity index (χ1v) is 5.97. The van der Waals surface area contributed by atoms with Gasteiger partial charge < -0.3 is 10.6 Å². The fraction of sp³-hybridized carbons (Fsp3) is 0.538. The fourth-order valence-corrected chi connectivity index (χ4v) is 2.16. The predicted molar refractivity (Wildman–Crippen MR) is 67.1 cm³/mol. The van der Waals surface area contributed by atoms with Gasteiger partial charge in [0.05, 0.1) is 0 Å². The van der Waals surface area contributed by atoms with Gasteiger partial charge in [-0.15, -0.1) is 0 Å². The molecule has 1 aliphatic heterocycles. The third-order valence-corrected chi connectivity index (χ3v) is 3.33. The van der Waals surface area contributed by atoms with Crippen molar-refractivity contribution in [3.8, 4) is 0 Å². The molecule has 2 rings (SSSR count). The Balaban J connectivity index is 1.98. The molecule has 1 aromatic carbocycles. The largest absolute Gasteiger partial charge is 0.326 e. The summed E-state index contributed by atoms with van der Waals surface area (Å²) >= 11 is 0. The van der Waals surface area contributed by atoms with Crippen LogP contribution >= 0.6 is 0 Å². The van der Waals surface area contributed by atoms with Crippen molar-refractivity contribution in [1.29, 1.82) is 0 Å². The molecular formula is C13H21N3. The van der Waals surface area contributed by atoms with Crippen LogP contribution in [-0.2, 0) is 13.1 Å². The van der Waals surface area contributed by atoms with Crippen LogP contribution in [0.3, 0.4) is 0 Å². The predicted octanol–water partition coefficient (Wildman–Crippen LogP) is 0.893. The number of nitrogens with zero attached hydrogens (tertiary/aromatic N) is 2. The maximum Gasteiger partial charge on any atom is 0.0238 e. The van der Waals surface area contributed by atoms with Crippen molar-refractivity contribution in [2.45, 2.75) is 13.1 Å². The number of rotatable bonds is 3. The second-order valence-corrected chi connectivity index (χ2v) is 4.55. The molecular weight excluding hydrogens is 198 g/mol. The minimum Gasteiger partial charge on any atom is -0.326 e. The Morgan fingerprint density at radius 2 is 1.69 bits per heavy atom. The van der Waals surface area contributed by atoms with Gasteiger partial charge in [0.2, 0.25) is 0 Å². The van der Waals surface area contributed by atoms with Crippen LogP contribution in [0.4, 0.5) is 0 Å². The van der Waals surface area contributed by atoms with Crippen LogP contribution in [0.1, 0.15) is 11.1 Å². The minimum absolute atomic E-state index is 0.643. The van der Waals surface area contributed by atoms with Crippen LogP contribution in [0.25, 0.3) is 0 Å². The van der Waals surface area contributed by atoms with Crippen molar-refractivity contribution in [1.82, 2.24) is 9.80 Å². The summed E-state index contributed by atoms with van der Waals surface area (Å²) in [6, 6.07) is 8.49. The minimum atomic E-state index is 0.643. The lowest BCUT2D eigenvalue weighted by Gasteiger charge is -2.32. The summed E-state index contributed by atoms with van der Waals surface area (Å²) in [5.41, 5.74) is 8.41. The molecule has 1 aliphatic rings. The van der Waals surface area contributed by atoms with E-state index in [1.54, 1.807) is 0 Å². The molecule has 0 amide bonds. The summed E-state index contributed by atoms with van der Waals surface area (Å²) in [6.07, 6.45) is 0. The Hall–Kier alpha value is -0.900. The summed E-state index contributed by atoms with van der Waals surface area (Å²) in [6.45, 7) is 6.35. The van der Waals surface area contributed by atoms with Crippen molar-refractivity contribution >= 4 is 0 Å². The van der Waals surface area contributed by atoms with E-state index in [4.69, 9.17) is 5.73 Å². The second kappa shape index (κ2) is 5.43. The molecule has 16 heavy (non-hydrogen) atoms. The number of piperazine rings is 1. The van der Waals surface area contributed by atoms with E-state index in [0.717, 1.165) is 19.6 Å². The smallest absolute Gasteiger partial charge is 0.0238 e. The van der Waals surface area contributed by atoms with E-state index in [1.165, 1.54) is 24.2 Å². The van der Waals surface area contributed by atoms with Gasteiger partial charge in [0, 0.05) is 39.3 Å². The van der Waals surface area contributed by atoms with Crippen molar-refractivity contribution < 1.29 is 0 Å². The van der Waals surface area contributed by atoms with Gasteiger partial charge in [-0.2, -0.15) is 0 Å². The van der Waals surface area contributed by atoms with E-state index in [2.05, 4.69) is 41.1 Å². The first-order valence-electron chi connectivity index (χ1n) is 5.97. The zero-order chi connectivity index (χ0) is 11.4. The molecule has 3 heteroatoms. The van der Waals surface area contributed by atoms with Gasteiger partial charge in [-0.3, -0.25) is 4.90 Å². The summed E-state index contributed by atoms with van der Waals surface area (Å²) < 4.78 is 0. The van der Waals surface area contributed by atoms with E-state index >= 15 is 0 Å². The monoisotopic (exact) mass is 219 g/mol. The first-order chi connectivity index (χ1) is 7.79. The summed E-state index contributed by atoms with van der Waals surface area (Å²) in [7, 11) is 2.19. The lowest BCUT2D eigenvalue weighted by Crippen LogP contribution is -2.44. The molecule has 1 fully saturated rings. The summed E-state index contributed by atoms with van der Waals surface area (Å²) in [5.74, 6) is 0. The highest BCUT2D eigenvalue weighted by Gasteiger charge is 2.14. The molecule has 1 saturated heterocycles. The van der Waals surface area contributed by atoms with E-state index < -0.39 is 0 Å². The highest BCUT2D eigenvalue weighted by molar-refractivity contribution is 5.26. The van der Waals surface area contributed by atoms with E-state index in [-0.39, 0.29) is 0 Å². The van der Waals surface area contributed by atoms with Crippen LogP contribution in [0.2, 0.25) is 0 Å². The van der Waals surface area contributed by atoms with Gasteiger partial charge in [-0.05, 0) is 18.2 Å². The molecule has 0 unspecified atom stereocenters. The van der Waals surface area contributed by atoms with Crippen molar-refractivity contribution in [3.63, 3.8) is 0 Å². The molecule has 1 aromatic rings. The van der Waals surface area contributed by atoms with Crippen molar-refractivity contribution in [2.24, 2.45) is 5.73 Å². The molecule has 1 heterocycles. The van der Waals surface area contributed by atoms with Gasteiger partial charge in [0.25, 0.3) is 0 Å². The summed E-state index contributed by atoms with van der Waals surface area (Å²) in [4.78, 5) is 4.89. The van der Waals surface area contributed by atoms with Crippen molar-refractivity contribution in [3.05, 3.63) is 35.4 Å². The van der Waals surface area contributed by atoms with Gasteiger partial charge in [0.1, 0.15) is 0 Å². The molecule has 0 aromatic heterocycles. The maximum absolute atomic E-state index is 5.75. The topological polar surface area (TPSA) is 32.5 Å². The van der Waals surface area contributed by atoms with E-state index in [0.29, 0.717) is 6.54 Å². The zero-order valence-electron chi connectivity index (χ0n) is 10.0. The normalized spacial score (nSPS) is 18.9. The fourth-order valence-electron chi connectivity index (χ4n) is 2.16. The standard InChI is InChI=1S/C13H21N3/c1-15-6-8-16(9-7-15)11-13-5-3-2-4-12(13)10-14/h2-5H,6-11,14H2,1H3. The molecule has 88 valence electrons. The molecule has 0 radical (unpaired) electrons. The molecule has 0 atom stereocenters. The Labute approximate surface area is 97.8 Å². The number of nitrogens with two attached hydrogens (primary N) is 1. The number of hydrogen-bond acceptors (Lipinski definition) is 3. The lowest BCUT2D eigenvalue weighted by atomic mass is 10.1. The third kappa shape index (κ3) is 2.82. The molecule has 0 spiro atoms. The van der Waals surface area contributed by atoms with Crippen LogP contribution < -0.4 is 5.73 Å². The molecule has 0 aliphatic carbocycles. The Bertz CT molecular complexity index is 330. The SMILES string of the molecule is CN1CCN(Cc2ccccc2CN)CC1. The average Bonchev–Trinajstić information content (AvgIpc) is 2.33. The maximum atomic E-state index is 5.75. The third-order valence-electron chi connectivity index (χ3n) is 3.33.